The van der Waals surface area contributed by atoms with Crippen molar-refractivity contribution < 1.29 is 9.90 Å². The first-order chi connectivity index (χ1) is 11.5. The number of benzene rings is 1. The molecule has 6 heteroatoms. The van der Waals surface area contributed by atoms with Gasteiger partial charge in [0, 0.05) is 51.9 Å². The van der Waals surface area contributed by atoms with Gasteiger partial charge in [0.15, 0.2) is 0 Å². The third-order valence-electron chi connectivity index (χ3n) is 5.00. The van der Waals surface area contributed by atoms with E-state index in [1.165, 1.54) is 0 Å². The van der Waals surface area contributed by atoms with Crippen LogP contribution in [0.1, 0.15) is 18.5 Å². The molecule has 0 radical (unpaired) electrons. The van der Waals surface area contributed by atoms with Crippen molar-refractivity contribution in [2.45, 2.75) is 19.0 Å². The lowest BCUT2D eigenvalue weighted by Crippen LogP contribution is -2.55. The van der Waals surface area contributed by atoms with Crippen LogP contribution in [0.4, 0.5) is 0 Å². The largest absolute Gasteiger partial charge is 0.508 e. The summed E-state index contributed by atoms with van der Waals surface area (Å²) in [5.41, 5.74) is 0.882. The Labute approximate surface area is 144 Å². The van der Waals surface area contributed by atoms with Crippen molar-refractivity contribution in [2.24, 2.45) is 0 Å². The molecule has 0 saturated carbocycles. The van der Waals surface area contributed by atoms with Crippen LogP contribution in [-0.2, 0) is 4.79 Å². The van der Waals surface area contributed by atoms with Crippen LogP contribution in [0.2, 0.25) is 0 Å². The molecule has 1 aromatic carbocycles. The molecule has 2 atom stereocenters. The van der Waals surface area contributed by atoms with E-state index >= 15 is 0 Å². The van der Waals surface area contributed by atoms with Crippen LogP contribution < -0.4 is 5.32 Å². The van der Waals surface area contributed by atoms with Crippen LogP contribution in [0, 0.1) is 0 Å². The summed E-state index contributed by atoms with van der Waals surface area (Å²) in [7, 11) is 2.09. The van der Waals surface area contributed by atoms with Gasteiger partial charge in [0.25, 0.3) is 0 Å². The number of hydrogen-bond donors (Lipinski definition) is 2. The average molecular weight is 332 g/mol. The van der Waals surface area contributed by atoms with Crippen LogP contribution in [-0.4, -0.2) is 84.6 Å². The zero-order valence-corrected chi connectivity index (χ0v) is 14.6. The van der Waals surface area contributed by atoms with E-state index in [-0.39, 0.29) is 17.7 Å². The molecule has 2 saturated heterocycles. The molecule has 2 unspecified atom stereocenters. The number of aromatic hydroxyl groups is 1. The number of carbonyl (C=O) groups is 1. The molecular weight excluding hydrogens is 304 g/mol. The minimum atomic E-state index is -0.315. The van der Waals surface area contributed by atoms with Crippen LogP contribution in [0.15, 0.2) is 24.3 Å². The second-order valence-corrected chi connectivity index (χ2v) is 6.98. The predicted molar refractivity (Wildman–Crippen MR) is 94.0 cm³/mol. The minimum absolute atomic E-state index is 0.155. The topological polar surface area (TPSA) is 59.1 Å². The van der Waals surface area contributed by atoms with Crippen molar-refractivity contribution in [2.75, 3.05) is 52.9 Å². The molecule has 2 N–H and O–H groups in total. The Morgan fingerprint density at radius 3 is 2.67 bits per heavy atom. The number of phenols is 1. The van der Waals surface area contributed by atoms with Gasteiger partial charge in [0.2, 0.25) is 5.91 Å². The molecule has 3 rings (SSSR count). The number of piperazine rings is 2. The first-order valence-electron chi connectivity index (χ1n) is 8.78. The Morgan fingerprint density at radius 2 is 2.00 bits per heavy atom. The highest BCUT2D eigenvalue weighted by Crippen LogP contribution is 2.27. The molecule has 2 aliphatic rings. The standard InChI is InChI=1S/C18H28N4O2/c1-14-13-22(7-6-19-14)17(15-4-3-5-16(23)12-15)18(24)21-10-8-20(2)9-11-21/h3-5,12,14,17,19,23H,6-11,13H2,1-2H3. The van der Waals surface area contributed by atoms with Gasteiger partial charge < -0.3 is 20.2 Å². The monoisotopic (exact) mass is 332 g/mol. The normalized spacial score (nSPS) is 24.8. The smallest absolute Gasteiger partial charge is 0.244 e. The van der Waals surface area contributed by atoms with Gasteiger partial charge in [0.1, 0.15) is 11.8 Å². The van der Waals surface area contributed by atoms with Gasteiger partial charge in [-0.2, -0.15) is 0 Å². The number of amides is 1. The molecule has 24 heavy (non-hydrogen) atoms. The van der Waals surface area contributed by atoms with E-state index in [0.717, 1.165) is 51.4 Å². The summed E-state index contributed by atoms with van der Waals surface area (Å²) < 4.78 is 0. The van der Waals surface area contributed by atoms with Crippen LogP contribution in [0.5, 0.6) is 5.75 Å². The molecule has 2 heterocycles. The van der Waals surface area contributed by atoms with E-state index in [9.17, 15) is 9.90 Å². The quantitative estimate of drug-likeness (QED) is 0.844. The molecule has 0 aromatic heterocycles. The Hall–Kier alpha value is -1.63. The average Bonchev–Trinajstić information content (AvgIpc) is 2.56. The summed E-state index contributed by atoms with van der Waals surface area (Å²) in [6.45, 7) is 8.06. The van der Waals surface area contributed by atoms with Gasteiger partial charge in [-0.05, 0) is 31.7 Å². The van der Waals surface area contributed by atoms with Crippen molar-refractivity contribution in [1.82, 2.24) is 20.0 Å². The molecule has 0 bridgehead atoms. The maximum Gasteiger partial charge on any atom is 0.244 e. The Kier molecular flexibility index (Phi) is 5.38. The van der Waals surface area contributed by atoms with E-state index in [2.05, 4.69) is 29.1 Å². The minimum Gasteiger partial charge on any atom is -0.508 e. The summed E-state index contributed by atoms with van der Waals surface area (Å²) in [6, 6.07) is 7.20. The zero-order chi connectivity index (χ0) is 17.1. The fourth-order valence-electron chi connectivity index (χ4n) is 3.60. The Bertz CT molecular complexity index is 572. The number of carbonyl (C=O) groups excluding carboxylic acids is 1. The SMILES string of the molecule is CC1CN(C(C(=O)N2CCN(C)CC2)c2cccc(O)c2)CCN1. The lowest BCUT2D eigenvalue weighted by atomic mass is 10.0. The highest BCUT2D eigenvalue weighted by molar-refractivity contribution is 5.83. The summed E-state index contributed by atoms with van der Waals surface area (Å²) in [4.78, 5) is 19.8. The van der Waals surface area contributed by atoms with Crippen molar-refractivity contribution in [3.05, 3.63) is 29.8 Å². The first kappa shape index (κ1) is 17.2. The van der Waals surface area contributed by atoms with Crippen LogP contribution in [0.25, 0.3) is 0 Å². The van der Waals surface area contributed by atoms with Crippen LogP contribution >= 0.6 is 0 Å². The molecule has 1 amide bonds. The fourth-order valence-corrected chi connectivity index (χ4v) is 3.60. The third-order valence-corrected chi connectivity index (χ3v) is 5.00. The second kappa shape index (κ2) is 7.51. The number of rotatable bonds is 3. The van der Waals surface area contributed by atoms with Crippen molar-refractivity contribution in [3.8, 4) is 5.75 Å². The summed E-state index contributed by atoms with van der Waals surface area (Å²) in [6.07, 6.45) is 0. The molecule has 6 nitrogen and oxygen atoms in total. The first-order valence-corrected chi connectivity index (χ1v) is 8.78. The van der Waals surface area contributed by atoms with Gasteiger partial charge in [0.05, 0.1) is 0 Å². The summed E-state index contributed by atoms with van der Waals surface area (Å²) in [5.74, 6) is 0.370. The number of nitrogens with zero attached hydrogens (tertiary/aromatic N) is 3. The molecule has 2 fully saturated rings. The van der Waals surface area contributed by atoms with E-state index in [1.807, 2.05) is 17.0 Å². The lowest BCUT2D eigenvalue weighted by molar-refractivity contribution is -0.139. The van der Waals surface area contributed by atoms with Crippen molar-refractivity contribution >= 4 is 5.91 Å². The number of likely N-dealkylation sites (N-methyl/N-ethyl adjacent to an activating group) is 1. The number of hydrogen-bond acceptors (Lipinski definition) is 5. The Morgan fingerprint density at radius 1 is 1.25 bits per heavy atom. The maximum absolute atomic E-state index is 13.3. The highest BCUT2D eigenvalue weighted by atomic mass is 16.3. The van der Waals surface area contributed by atoms with E-state index in [1.54, 1.807) is 12.1 Å². The number of phenolic OH excluding ortho intramolecular Hbond substituents is 1. The summed E-state index contributed by atoms with van der Waals surface area (Å²) >= 11 is 0. The zero-order valence-electron chi connectivity index (χ0n) is 14.6. The predicted octanol–water partition coefficient (Wildman–Crippen LogP) is 0.501. The molecule has 132 valence electrons. The van der Waals surface area contributed by atoms with E-state index in [4.69, 9.17) is 0 Å². The molecule has 1 aromatic rings. The van der Waals surface area contributed by atoms with Crippen LogP contribution in [0.3, 0.4) is 0 Å². The van der Waals surface area contributed by atoms with E-state index in [0.29, 0.717) is 6.04 Å². The van der Waals surface area contributed by atoms with Gasteiger partial charge in [-0.15, -0.1) is 0 Å². The van der Waals surface area contributed by atoms with E-state index < -0.39 is 0 Å². The maximum atomic E-state index is 13.3. The van der Waals surface area contributed by atoms with Crippen molar-refractivity contribution in [1.29, 1.82) is 0 Å². The molecular formula is C18H28N4O2. The van der Waals surface area contributed by atoms with Crippen molar-refractivity contribution in [3.63, 3.8) is 0 Å². The lowest BCUT2D eigenvalue weighted by Gasteiger charge is -2.41. The molecule has 0 aliphatic carbocycles. The highest BCUT2D eigenvalue weighted by Gasteiger charge is 2.34. The summed E-state index contributed by atoms with van der Waals surface area (Å²) in [5, 5.41) is 13.3. The van der Waals surface area contributed by atoms with Gasteiger partial charge in [-0.3, -0.25) is 9.69 Å². The number of nitrogens with one attached hydrogen (secondary N) is 1. The molecule has 0 spiro atoms. The van der Waals surface area contributed by atoms with Gasteiger partial charge >= 0.3 is 0 Å². The third kappa shape index (κ3) is 3.88. The Balaban J connectivity index is 1.85. The van der Waals surface area contributed by atoms with Gasteiger partial charge in [-0.25, -0.2) is 0 Å². The second-order valence-electron chi connectivity index (χ2n) is 6.98. The fraction of sp³-hybridized carbons (Fsp3) is 0.611. The molecule has 2 aliphatic heterocycles. The van der Waals surface area contributed by atoms with Gasteiger partial charge in [-0.1, -0.05) is 12.1 Å².